The van der Waals surface area contributed by atoms with Crippen LogP contribution < -0.4 is 4.90 Å². The highest BCUT2D eigenvalue weighted by atomic mass is 19.1. The van der Waals surface area contributed by atoms with Crippen LogP contribution in [-0.4, -0.2) is 5.54 Å². The Kier molecular flexibility index (Phi) is 6.62. The van der Waals surface area contributed by atoms with Gasteiger partial charge in [-0.3, -0.25) is 0 Å². The number of nitrogens with zero attached hydrogens (tertiary/aromatic N) is 1. The molecule has 1 nitrogen and oxygen atoms in total. The molecule has 0 saturated heterocycles. The summed E-state index contributed by atoms with van der Waals surface area (Å²) in [6.07, 6.45) is 0. The summed E-state index contributed by atoms with van der Waals surface area (Å²) in [5.41, 5.74) is 5.69. The molecule has 37 heavy (non-hydrogen) atoms. The minimum absolute atomic E-state index is 0.335. The van der Waals surface area contributed by atoms with Crippen LogP contribution in [0.15, 0.2) is 121 Å². The van der Waals surface area contributed by atoms with E-state index in [4.69, 9.17) is 0 Å². The summed E-state index contributed by atoms with van der Waals surface area (Å²) in [6.45, 7) is 5.91. The van der Waals surface area contributed by atoms with E-state index in [2.05, 4.69) is 24.3 Å². The van der Waals surface area contributed by atoms with E-state index < -0.39 is 17.2 Å². The fourth-order valence-corrected chi connectivity index (χ4v) is 4.85. The maximum Gasteiger partial charge on any atom is 0.147 e. The van der Waals surface area contributed by atoms with Crippen molar-refractivity contribution in [2.24, 2.45) is 0 Å². The third-order valence-electron chi connectivity index (χ3n) is 6.48. The van der Waals surface area contributed by atoms with E-state index >= 15 is 8.78 Å². The summed E-state index contributed by atoms with van der Waals surface area (Å²) in [5.74, 6) is -0.799. The lowest BCUT2D eigenvalue weighted by Gasteiger charge is -2.40. The van der Waals surface area contributed by atoms with Crippen molar-refractivity contribution in [1.29, 1.82) is 0 Å². The molecule has 0 aliphatic rings. The molecule has 0 bridgehead atoms. The van der Waals surface area contributed by atoms with Crippen molar-refractivity contribution < 1.29 is 8.78 Å². The quantitative estimate of drug-likeness (QED) is 0.237. The second-order valence-electron chi connectivity index (χ2n) is 10.1. The average Bonchev–Trinajstić information content (AvgIpc) is 2.91. The van der Waals surface area contributed by atoms with Gasteiger partial charge in [-0.15, -0.1) is 0 Å². The zero-order valence-corrected chi connectivity index (χ0v) is 21.3. The molecule has 5 aromatic rings. The average molecular weight is 490 g/mol. The lowest BCUT2D eigenvalue weighted by atomic mass is 9.89. The standard InChI is InChI=1S/C34H29F2N/c1-34(2,3)37(31-17-11-10-16-29(31)35)33-30(36)23-22-28(26-14-8-5-9-15-26)32(33)27-20-18-25(19-21-27)24-12-6-4-7-13-24/h4-23H,1-3H3. The maximum absolute atomic E-state index is 16.0. The van der Waals surface area contributed by atoms with Gasteiger partial charge < -0.3 is 4.90 Å². The molecule has 0 aliphatic carbocycles. The summed E-state index contributed by atoms with van der Waals surface area (Å²) in [6, 6.07) is 38.1. The van der Waals surface area contributed by atoms with Crippen LogP contribution in [0.4, 0.5) is 20.2 Å². The van der Waals surface area contributed by atoms with Crippen LogP contribution >= 0.6 is 0 Å². The molecule has 3 heteroatoms. The second-order valence-corrected chi connectivity index (χ2v) is 10.1. The normalized spacial score (nSPS) is 11.4. The van der Waals surface area contributed by atoms with Crippen LogP contribution in [0.1, 0.15) is 20.8 Å². The topological polar surface area (TPSA) is 3.24 Å². The molecule has 0 aliphatic heterocycles. The summed E-state index contributed by atoms with van der Waals surface area (Å²) in [4.78, 5) is 1.78. The number of halogens is 2. The highest BCUT2D eigenvalue weighted by molar-refractivity contribution is 5.95. The Morgan fingerprint density at radius 2 is 1.00 bits per heavy atom. The number of hydrogen-bond acceptors (Lipinski definition) is 1. The summed E-state index contributed by atoms with van der Waals surface area (Å²) >= 11 is 0. The smallest absolute Gasteiger partial charge is 0.147 e. The van der Waals surface area contributed by atoms with E-state index in [1.807, 2.05) is 87.5 Å². The van der Waals surface area contributed by atoms with Crippen LogP contribution in [0.2, 0.25) is 0 Å². The van der Waals surface area contributed by atoms with Gasteiger partial charge in [-0.05, 0) is 66.8 Å². The van der Waals surface area contributed by atoms with Gasteiger partial charge in [0.25, 0.3) is 0 Å². The first-order chi connectivity index (χ1) is 17.8. The summed E-state index contributed by atoms with van der Waals surface area (Å²) in [7, 11) is 0. The zero-order chi connectivity index (χ0) is 26.0. The fraction of sp³-hybridized carbons (Fsp3) is 0.118. The molecule has 0 fully saturated rings. The van der Waals surface area contributed by atoms with Crippen molar-refractivity contribution in [2.45, 2.75) is 26.3 Å². The van der Waals surface area contributed by atoms with Gasteiger partial charge in [0.05, 0.1) is 11.4 Å². The van der Waals surface area contributed by atoms with Gasteiger partial charge in [-0.2, -0.15) is 0 Å². The molecule has 0 heterocycles. The molecule has 0 amide bonds. The summed E-state index contributed by atoms with van der Waals surface area (Å²) < 4.78 is 31.2. The van der Waals surface area contributed by atoms with Crippen molar-refractivity contribution in [3.63, 3.8) is 0 Å². The van der Waals surface area contributed by atoms with Crippen LogP contribution in [0.5, 0.6) is 0 Å². The molecule has 5 aromatic carbocycles. The highest BCUT2D eigenvalue weighted by Gasteiger charge is 2.31. The van der Waals surface area contributed by atoms with Gasteiger partial charge in [-0.25, -0.2) is 8.78 Å². The van der Waals surface area contributed by atoms with E-state index in [-0.39, 0.29) is 0 Å². The number of rotatable bonds is 5. The van der Waals surface area contributed by atoms with Gasteiger partial charge in [0.15, 0.2) is 0 Å². The van der Waals surface area contributed by atoms with Crippen LogP contribution in [0.3, 0.4) is 0 Å². The minimum atomic E-state index is -0.614. The third kappa shape index (κ3) is 4.90. The number of benzene rings is 5. The highest BCUT2D eigenvalue weighted by Crippen LogP contribution is 2.47. The van der Waals surface area contributed by atoms with E-state index in [0.29, 0.717) is 11.4 Å². The first-order valence-corrected chi connectivity index (χ1v) is 12.4. The summed E-state index contributed by atoms with van der Waals surface area (Å²) in [5, 5.41) is 0. The fourth-order valence-electron chi connectivity index (χ4n) is 4.85. The maximum atomic E-state index is 16.0. The van der Waals surface area contributed by atoms with Crippen molar-refractivity contribution in [2.75, 3.05) is 4.90 Å². The Balaban J connectivity index is 1.80. The van der Waals surface area contributed by atoms with Gasteiger partial charge >= 0.3 is 0 Å². The SMILES string of the molecule is CC(C)(C)N(c1ccccc1F)c1c(F)ccc(-c2ccccc2)c1-c1ccc(-c2ccccc2)cc1. The van der Waals surface area contributed by atoms with E-state index in [1.54, 1.807) is 23.1 Å². The number of hydrogen-bond donors (Lipinski definition) is 0. The second kappa shape index (κ2) is 10.0. The van der Waals surface area contributed by atoms with Gasteiger partial charge in [-0.1, -0.05) is 103 Å². The number of anilines is 2. The third-order valence-corrected chi connectivity index (χ3v) is 6.48. The lowest BCUT2D eigenvalue weighted by molar-refractivity contribution is 0.527. The largest absolute Gasteiger partial charge is 0.331 e. The molecule has 0 N–H and O–H groups in total. The molecule has 0 atom stereocenters. The molecule has 0 saturated carbocycles. The van der Waals surface area contributed by atoms with Crippen LogP contribution in [0.25, 0.3) is 33.4 Å². The molecule has 0 unspecified atom stereocenters. The van der Waals surface area contributed by atoms with Gasteiger partial charge in [0.2, 0.25) is 0 Å². The Morgan fingerprint density at radius 1 is 0.486 bits per heavy atom. The van der Waals surface area contributed by atoms with Crippen LogP contribution in [0, 0.1) is 11.6 Å². The zero-order valence-electron chi connectivity index (χ0n) is 21.3. The van der Waals surface area contributed by atoms with Gasteiger partial charge in [0, 0.05) is 11.1 Å². The molecule has 0 radical (unpaired) electrons. The molecule has 5 rings (SSSR count). The molecular formula is C34H29F2N. The monoisotopic (exact) mass is 489 g/mol. The predicted molar refractivity (Wildman–Crippen MR) is 151 cm³/mol. The van der Waals surface area contributed by atoms with E-state index in [9.17, 15) is 0 Å². The predicted octanol–water partition coefficient (Wildman–Crippen LogP) is 9.90. The van der Waals surface area contributed by atoms with Crippen molar-refractivity contribution in [3.8, 4) is 33.4 Å². The molecule has 0 spiro atoms. The first kappa shape index (κ1) is 24.5. The Labute approximate surface area is 217 Å². The number of para-hydroxylation sites is 1. The van der Waals surface area contributed by atoms with E-state index in [0.717, 1.165) is 33.4 Å². The Morgan fingerprint density at radius 3 is 1.59 bits per heavy atom. The lowest BCUT2D eigenvalue weighted by Crippen LogP contribution is -2.39. The molecule has 0 aromatic heterocycles. The van der Waals surface area contributed by atoms with Crippen LogP contribution in [-0.2, 0) is 0 Å². The Hall–Kier alpha value is -4.24. The van der Waals surface area contributed by atoms with Crippen molar-refractivity contribution >= 4 is 11.4 Å². The van der Waals surface area contributed by atoms with E-state index in [1.165, 1.54) is 12.1 Å². The molecule has 184 valence electrons. The van der Waals surface area contributed by atoms with Gasteiger partial charge in [0.1, 0.15) is 11.6 Å². The first-order valence-electron chi connectivity index (χ1n) is 12.4. The Bertz CT molecular complexity index is 1500. The van der Waals surface area contributed by atoms with Crippen molar-refractivity contribution in [1.82, 2.24) is 0 Å². The minimum Gasteiger partial charge on any atom is -0.331 e. The molecular weight excluding hydrogens is 460 g/mol. The van der Waals surface area contributed by atoms with Crippen molar-refractivity contribution in [3.05, 3.63) is 133 Å².